The van der Waals surface area contributed by atoms with Crippen molar-refractivity contribution in [2.24, 2.45) is 5.41 Å². The number of nitrogens with zero attached hydrogens (tertiary/aromatic N) is 1. The van der Waals surface area contributed by atoms with Crippen molar-refractivity contribution in [3.8, 4) is 0 Å². The Morgan fingerprint density at radius 1 is 1.47 bits per heavy atom. The predicted octanol–water partition coefficient (Wildman–Crippen LogP) is 1.50. The smallest absolute Gasteiger partial charge is 0.0494 e. The Kier molecular flexibility index (Phi) is 4.24. The lowest BCUT2D eigenvalue weighted by molar-refractivity contribution is 0.156. The second kappa shape index (κ2) is 5.24. The minimum Gasteiger partial charge on any atom is -0.396 e. The Balaban J connectivity index is 2.42. The first-order chi connectivity index (χ1) is 7.05. The Bertz CT molecular complexity index is 310. The summed E-state index contributed by atoms with van der Waals surface area (Å²) in [6.45, 7) is 7.90. The van der Waals surface area contributed by atoms with E-state index < -0.39 is 0 Å². The molecule has 1 heterocycles. The molecule has 3 nitrogen and oxygen atoms in total. The van der Waals surface area contributed by atoms with Crippen molar-refractivity contribution in [2.75, 3.05) is 13.2 Å². The van der Waals surface area contributed by atoms with Crippen molar-refractivity contribution in [3.05, 3.63) is 29.6 Å². The fraction of sp³-hybridized carbons (Fsp3) is 0.583. The molecule has 0 radical (unpaired) electrons. The number of aliphatic hydroxyl groups is 1. The lowest BCUT2D eigenvalue weighted by Crippen LogP contribution is -2.32. The number of pyridine rings is 1. The molecule has 0 aliphatic rings. The van der Waals surface area contributed by atoms with Crippen molar-refractivity contribution < 1.29 is 5.11 Å². The van der Waals surface area contributed by atoms with E-state index in [-0.39, 0.29) is 12.0 Å². The van der Waals surface area contributed by atoms with Gasteiger partial charge in [-0.3, -0.25) is 4.98 Å². The molecule has 0 saturated heterocycles. The molecule has 0 unspecified atom stereocenters. The van der Waals surface area contributed by atoms with Crippen LogP contribution in [-0.2, 0) is 6.54 Å². The number of nitrogens with one attached hydrogen (secondary N) is 1. The van der Waals surface area contributed by atoms with Gasteiger partial charge >= 0.3 is 0 Å². The molecule has 0 aliphatic heterocycles. The molecule has 0 aromatic carbocycles. The summed E-state index contributed by atoms with van der Waals surface area (Å²) in [5.41, 5.74) is 2.22. The summed E-state index contributed by atoms with van der Waals surface area (Å²) in [4.78, 5) is 4.22. The van der Waals surface area contributed by atoms with Gasteiger partial charge in [-0.1, -0.05) is 19.9 Å². The van der Waals surface area contributed by atoms with Gasteiger partial charge < -0.3 is 10.4 Å². The minimum atomic E-state index is -0.0594. The summed E-state index contributed by atoms with van der Waals surface area (Å²) < 4.78 is 0. The molecule has 15 heavy (non-hydrogen) atoms. The van der Waals surface area contributed by atoms with Crippen LogP contribution in [0.2, 0.25) is 0 Å². The van der Waals surface area contributed by atoms with Crippen LogP contribution < -0.4 is 5.32 Å². The number of aryl methyl sites for hydroxylation is 1. The lowest BCUT2D eigenvalue weighted by Gasteiger charge is -2.22. The quantitative estimate of drug-likeness (QED) is 0.770. The molecule has 0 fully saturated rings. The van der Waals surface area contributed by atoms with E-state index in [1.165, 1.54) is 5.56 Å². The zero-order valence-electron chi connectivity index (χ0n) is 9.75. The number of hydrogen-bond acceptors (Lipinski definition) is 3. The third kappa shape index (κ3) is 3.98. The van der Waals surface area contributed by atoms with Crippen LogP contribution in [0.5, 0.6) is 0 Å². The highest BCUT2D eigenvalue weighted by atomic mass is 16.3. The summed E-state index contributed by atoms with van der Waals surface area (Å²) in [5, 5.41) is 12.4. The van der Waals surface area contributed by atoms with Crippen LogP contribution in [0, 0.1) is 12.3 Å². The highest BCUT2D eigenvalue weighted by molar-refractivity contribution is 5.17. The number of rotatable bonds is 5. The van der Waals surface area contributed by atoms with Gasteiger partial charge in [-0.25, -0.2) is 0 Å². The average molecular weight is 208 g/mol. The van der Waals surface area contributed by atoms with E-state index in [0.717, 1.165) is 18.8 Å². The minimum absolute atomic E-state index is 0.0594. The Morgan fingerprint density at radius 3 is 2.80 bits per heavy atom. The number of aromatic nitrogens is 1. The average Bonchev–Trinajstić information content (AvgIpc) is 2.21. The Labute approximate surface area is 91.5 Å². The molecule has 1 aromatic heterocycles. The van der Waals surface area contributed by atoms with Crippen LogP contribution in [0.25, 0.3) is 0 Å². The second-order valence-electron chi connectivity index (χ2n) is 4.67. The second-order valence-corrected chi connectivity index (χ2v) is 4.67. The van der Waals surface area contributed by atoms with Gasteiger partial charge in [-0.15, -0.1) is 0 Å². The van der Waals surface area contributed by atoms with Crippen LogP contribution in [0.15, 0.2) is 18.3 Å². The van der Waals surface area contributed by atoms with Crippen LogP contribution in [0.4, 0.5) is 0 Å². The zero-order valence-corrected chi connectivity index (χ0v) is 9.75. The molecular weight excluding hydrogens is 188 g/mol. The van der Waals surface area contributed by atoms with Gasteiger partial charge in [-0.05, 0) is 18.6 Å². The van der Waals surface area contributed by atoms with Crippen LogP contribution in [0.1, 0.15) is 25.1 Å². The third-order valence-corrected chi connectivity index (χ3v) is 2.46. The van der Waals surface area contributed by atoms with E-state index >= 15 is 0 Å². The first kappa shape index (κ1) is 12.1. The monoisotopic (exact) mass is 208 g/mol. The van der Waals surface area contributed by atoms with Crippen molar-refractivity contribution in [3.63, 3.8) is 0 Å². The molecule has 0 saturated carbocycles. The number of aliphatic hydroxyl groups excluding tert-OH is 1. The van der Waals surface area contributed by atoms with E-state index in [9.17, 15) is 0 Å². The SMILES string of the molecule is Cc1ncccc1CNCC(C)(C)CO. The third-order valence-electron chi connectivity index (χ3n) is 2.46. The van der Waals surface area contributed by atoms with E-state index in [2.05, 4.69) is 16.4 Å². The van der Waals surface area contributed by atoms with Crippen LogP contribution in [0.3, 0.4) is 0 Å². The molecule has 1 aromatic rings. The van der Waals surface area contributed by atoms with Crippen LogP contribution in [-0.4, -0.2) is 23.2 Å². The van der Waals surface area contributed by atoms with Crippen molar-refractivity contribution in [1.82, 2.24) is 10.3 Å². The van der Waals surface area contributed by atoms with Gasteiger partial charge in [-0.2, -0.15) is 0 Å². The van der Waals surface area contributed by atoms with Gasteiger partial charge in [0.15, 0.2) is 0 Å². The van der Waals surface area contributed by atoms with Crippen molar-refractivity contribution >= 4 is 0 Å². The molecule has 0 bridgehead atoms. The lowest BCUT2D eigenvalue weighted by atomic mass is 9.95. The van der Waals surface area contributed by atoms with E-state index in [1.54, 1.807) is 6.20 Å². The molecule has 1 rings (SSSR count). The van der Waals surface area contributed by atoms with E-state index in [1.807, 2.05) is 26.8 Å². The topological polar surface area (TPSA) is 45.2 Å². The molecular formula is C12H20N2O. The van der Waals surface area contributed by atoms with Gasteiger partial charge in [0.2, 0.25) is 0 Å². The first-order valence-electron chi connectivity index (χ1n) is 5.27. The summed E-state index contributed by atoms with van der Waals surface area (Å²) in [5.74, 6) is 0. The molecule has 0 aliphatic carbocycles. The zero-order chi connectivity index (χ0) is 11.3. The fourth-order valence-corrected chi connectivity index (χ4v) is 1.30. The summed E-state index contributed by atoms with van der Waals surface area (Å²) in [7, 11) is 0. The van der Waals surface area contributed by atoms with Gasteiger partial charge in [0.25, 0.3) is 0 Å². The Morgan fingerprint density at radius 2 is 2.20 bits per heavy atom. The largest absolute Gasteiger partial charge is 0.396 e. The van der Waals surface area contributed by atoms with Crippen molar-refractivity contribution in [2.45, 2.75) is 27.3 Å². The van der Waals surface area contributed by atoms with Gasteiger partial charge in [0, 0.05) is 37.0 Å². The highest BCUT2D eigenvalue weighted by Gasteiger charge is 2.15. The maximum absolute atomic E-state index is 9.09. The van der Waals surface area contributed by atoms with E-state index in [4.69, 9.17) is 5.11 Å². The summed E-state index contributed by atoms with van der Waals surface area (Å²) in [6.07, 6.45) is 1.80. The highest BCUT2D eigenvalue weighted by Crippen LogP contribution is 2.12. The molecule has 3 heteroatoms. The predicted molar refractivity (Wildman–Crippen MR) is 61.5 cm³/mol. The fourth-order valence-electron chi connectivity index (χ4n) is 1.30. The standard InChI is InChI=1S/C12H20N2O/c1-10-11(5-4-6-14-10)7-13-8-12(2,3)9-15/h4-6,13,15H,7-9H2,1-3H3. The Hall–Kier alpha value is -0.930. The maximum Gasteiger partial charge on any atom is 0.0494 e. The molecule has 2 N–H and O–H groups in total. The normalized spacial score (nSPS) is 11.7. The first-order valence-corrected chi connectivity index (χ1v) is 5.27. The molecule has 0 atom stereocenters. The maximum atomic E-state index is 9.09. The molecule has 84 valence electrons. The van der Waals surface area contributed by atoms with Crippen LogP contribution >= 0.6 is 0 Å². The van der Waals surface area contributed by atoms with E-state index in [0.29, 0.717) is 0 Å². The van der Waals surface area contributed by atoms with Gasteiger partial charge in [0.05, 0.1) is 0 Å². The number of hydrogen-bond donors (Lipinski definition) is 2. The molecule has 0 amide bonds. The van der Waals surface area contributed by atoms with Gasteiger partial charge in [0.1, 0.15) is 0 Å². The summed E-state index contributed by atoms with van der Waals surface area (Å²) in [6, 6.07) is 4.02. The summed E-state index contributed by atoms with van der Waals surface area (Å²) >= 11 is 0. The molecule has 0 spiro atoms. The van der Waals surface area contributed by atoms with Crippen molar-refractivity contribution in [1.29, 1.82) is 0 Å².